The first-order valence-electron chi connectivity index (χ1n) is 4.43. The zero-order valence-corrected chi connectivity index (χ0v) is 8.63. The normalized spacial score (nSPS) is 16.1. The molecule has 15 heavy (non-hydrogen) atoms. The van der Waals surface area contributed by atoms with Crippen LogP contribution in [-0.2, 0) is 0 Å². The van der Waals surface area contributed by atoms with Gasteiger partial charge in [-0.2, -0.15) is 0 Å². The van der Waals surface area contributed by atoms with Crippen molar-refractivity contribution < 1.29 is 9.18 Å². The molecule has 0 aromatic carbocycles. The molecule has 0 aliphatic carbocycles. The van der Waals surface area contributed by atoms with Gasteiger partial charge in [0.2, 0.25) is 0 Å². The number of nitrogens with one attached hydrogen (secondary N) is 1. The van der Waals surface area contributed by atoms with Gasteiger partial charge in [0.05, 0.1) is 12.7 Å². The average molecular weight is 228 g/mol. The van der Waals surface area contributed by atoms with Crippen LogP contribution in [0.4, 0.5) is 14.2 Å². The fourth-order valence-electron chi connectivity index (χ4n) is 1.28. The summed E-state index contributed by atoms with van der Waals surface area (Å²) in [6, 6.07) is -0.315. The van der Waals surface area contributed by atoms with Gasteiger partial charge < -0.3 is 4.90 Å². The van der Waals surface area contributed by atoms with Crippen LogP contribution in [0.1, 0.15) is 6.42 Å². The van der Waals surface area contributed by atoms with Gasteiger partial charge in [-0.15, -0.1) is 5.10 Å². The SMILES string of the molecule is O=C(Nc1cnns1)N1CCC=C(F)C1. The Morgan fingerprint density at radius 2 is 2.53 bits per heavy atom. The summed E-state index contributed by atoms with van der Waals surface area (Å²) in [6.45, 7) is 0.573. The molecule has 0 atom stereocenters. The van der Waals surface area contributed by atoms with Crippen LogP contribution < -0.4 is 5.32 Å². The molecule has 1 aliphatic heterocycles. The molecule has 5 nitrogen and oxygen atoms in total. The van der Waals surface area contributed by atoms with Gasteiger partial charge in [0.1, 0.15) is 10.8 Å². The van der Waals surface area contributed by atoms with E-state index in [2.05, 4.69) is 14.9 Å². The van der Waals surface area contributed by atoms with Crippen molar-refractivity contribution in [3.8, 4) is 0 Å². The van der Waals surface area contributed by atoms with Gasteiger partial charge in [-0.3, -0.25) is 5.32 Å². The van der Waals surface area contributed by atoms with E-state index in [-0.39, 0.29) is 18.4 Å². The second kappa shape index (κ2) is 4.35. The van der Waals surface area contributed by atoms with Gasteiger partial charge in [0.15, 0.2) is 0 Å². The molecular weight excluding hydrogens is 219 g/mol. The van der Waals surface area contributed by atoms with Gasteiger partial charge in [0, 0.05) is 18.1 Å². The molecule has 0 radical (unpaired) electrons. The van der Waals surface area contributed by atoms with Gasteiger partial charge in [-0.05, 0) is 12.5 Å². The monoisotopic (exact) mass is 228 g/mol. The van der Waals surface area contributed by atoms with Crippen LogP contribution in [0.25, 0.3) is 0 Å². The lowest BCUT2D eigenvalue weighted by atomic mass is 10.2. The van der Waals surface area contributed by atoms with Crippen LogP contribution in [0.2, 0.25) is 0 Å². The van der Waals surface area contributed by atoms with E-state index in [0.29, 0.717) is 18.0 Å². The van der Waals surface area contributed by atoms with Crippen molar-refractivity contribution in [3.05, 3.63) is 18.1 Å². The lowest BCUT2D eigenvalue weighted by Crippen LogP contribution is -2.38. The van der Waals surface area contributed by atoms with Crippen LogP contribution in [0.15, 0.2) is 18.1 Å². The van der Waals surface area contributed by atoms with E-state index in [0.717, 1.165) is 11.5 Å². The number of nitrogens with zero attached hydrogens (tertiary/aromatic N) is 3. The lowest BCUT2D eigenvalue weighted by Gasteiger charge is -2.24. The summed E-state index contributed by atoms with van der Waals surface area (Å²) in [4.78, 5) is 13.0. The van der Waals surface area contributed by atoms with Crippen LogP contribution in [0.3, 0.4) is 0 Å². The smallest absolute Gasteiger partial charge is 0.318 e. The average Bonchev–Trinajstić information content (AvgIpc) is 2.70. The van der Waals surface area contributed by atoms with E-state index in [9.17, 15) is 9.18 Å². The number of aromatic nitrogens is 2. The summed E-state index contributed by atoms with van der Waals surface area (Å²) in [5.74, 6) is -0.265. The Morgan fingerprint density at radius 1 is 1.67 bits per heavy atom. The molecule has 1 aromatic rings. The molecule has 1 aliphatic rings. The number of hydrogen-bond acceptors (Lipinski definition) is 4. The second-order valence-electron chi connectivity index (χ2n) is 3.07. The Kier molecular flexibility index (Phi) is 2.91. The van der Waals surface area contributed by atoms with Crippen molar-refractivity contribution >= 4 is 22.6 Å². The number of halogens is 1. The van der Waals surface area contributed by atoms with E-state index in [4.69, 9.17) is 0 Å². The van der Waals surface area contributed by atoms with Crippen LogP contribution in [0, 0.1) is 0 Å². The minimum Gasteiger partial charge on any atom is -0.318 e. The highest BCUT2D eigenvalue weighted by molar-refractivity contribution is 7.10. The molecule has 2 rings (SSSR count). The summed E-state index contributed by atoms with van der Waals surface area (Å²) in [7, 11) is 0. The largest absolute Gasteiger partial charge is 0.322 e. The van der Waals surface area contributed by atoms with E-state index < -0.39 is 0 Å². The first kappa shape index (κ1) is 10.0. The molecule has 0 saturated heterocycles. The van der Waals surface area contributed by atoms with Crippen LogP contribution in [0.5, 0.6) is 0 Å². The minimum atomic E-state index is -0.315. The van der Waals surface area contributed by atoms with Gasteiger partial charge in [0.25, 0.3) is 0 Å². The third-order valence-corrected chi connectivity index (χ3v) is 2.57. The molecule has 80 valence electrons. The summed E-state index contributed by atoms with van der Waals surface area (Å²) in [5, 5.41) is 6.75. The molecule has 7 heteroatoms. The van der Waals surface area contributed by atoms with Crippen LogP contribution in [-0.4, -0.2) is 33.6 Å². The predicted molar refractivity (Wildman–Crippen MR) is 54.3 cm³/mol. The molecule has 0 saturated carbocycles. The molecule has 0 bridgehead atoms. The topological polar surface area (TPSA) is 58.1 Å². The Balaban J connectivity index is 1.94. The Hall–Kier alpha value is -1.50. The van der Waals surface area contributed by atoms with Crippen molar-refractivity contribution in [2.24, 2.45) is 0 Å². The third-order valence-electron chi connectivity index (χ3n) is 1.99. The Labute approximate surface area is 89.8 Å². The van der Waals surface area contributed by atoms with Gasteiger partial charge in [-0.25, -0.2) is 9.18 Å². The number of hydrogen-bond donors (Lipinski definition) is 1. The number of rotatable bonds is 1. The van der Waals surface area contributed by atoms with Crippen molar-refractivity contribution in [2.45, 2.75) is 6.42 Å². The highest BCUT2D eigenvalue weighted by Gasteiger charge is 2.18. The first-order valence-corrected chi connectivity index (χ1v) is 5.21. The maximum Gasteiger partial charge on any atom is 0.322 e. The minimum absolute atomic E-state index is 0.0397. The Morgan fingerprint density at radius 3 is 3.20 bits per heavy atom. The van der Waals surface area contributed by atoms with E-state index in [1.807, 2.05) is 0 Å². The first-order chi connectivity index (χ1) is 7.25. The molecule has 2 amide bonds. The summed E-state index contributed by atoms with van der Waals surface area (Å²) in [5.41, 5.74) is 0. The van der Waals surface area contributed by atoms with Crippen molar-refractivity contribution in [2.75, 3.05) is 18.4 Å². The van der Waals surface area contributed by atoms with Crippen molar-refractivity contribution in [1.82, 2.24) is 14.5 Å². The number of anilines is 1. The second-order valence-corrected chi connectivity index (χ2v) is 3.86. The fourth-order valence-corrected chi connectivity index (χ4v) is 1.69. The molecule has 1 aromatic heterocycles. The van der Waals surface area contributed by atoms with Crippen LogP contribution >= 0.6 is 11.5 Å². The third kappa shape index (κ3) is 2.50. The standard InChI is InChI=1S/C8H9FN4OS/c9-6-2-1-3-13(5-6)8(14)11-7-4-10-12-15-7/h2,4H,1,3,5H2,(H,11,14). The summed E-state index contributed by atoms with van der Waals surface area (Å²) >= 11 is 1.09. The zero-order valence-electron chi connectivity index (χ0n) is 7.81. The van der Waals surface area contributed by atoms with E-state index in [1.165, 1.54) is 17.2 Å². The molecule has 0 unspecified atom stereocenters. The number of amides is 2. The lowest BCUT2D eigenvalue weighted by molar-refractivity contribution is 0.210. The van der Waals surface area contributed by atoms with Gasteiger partial charge in [-0.1, -0.05) is 4.49 Å². The maximum absolute atomic E-state index is 12.9. The molecule has 0 spiro atoms. The molecule has 2 heterocycles. The van der Waals surface area contributed by atoms with Crippen molar-refractivity contribution in [3.63, 3.8) is 0 Å². The van der Waals surface area contributed by atoms with Crippen molar-refractivity contribution in [1.29, 1.82) is 0 Å². The highest BCUT2D eigenvalue weighted by Crippen LogP contribution is 2.14. The highest BCUT2D eigenvalue weighted by atomic mass is 32.1. The molecule has 0 fully saturated rings. The number of urea groups is 1. The molecular formula is C8H9FN4OS. The Bertz CT molecular complexity index is 378. The zero-order chi connectivity index (χ0) is 10.7. The molecule has 1 N–H and O–H groups in total. The summed E-state index contributed by atoms with van der Waals surface area (Å²) < 4.78 is 16.5. The summed E-state index contributed by atoms with van der Waals surface area (Å²) in [6.07, 6.45) is 3.51. The quantitative estimate of drug-likeness (QED) is 0.794. The van der Waals surface area contributed by atoms with E-state index in [1.54, 1.807) is 0 Å². The number of carbonyl (C=O) groups excluding carboxylic acids is 1. The fraction of sp³-hybridized carbons (Fsp3) is 0.375. The maximum atomic E-state index is 12.9. The predicted octanol–water partition coefficient (Wildman–Crippen LogP) is 1.63. The van der Waals surface area contributed by atoms with E-state index >= 15 is 0 Å². The van der Waals surface area contributed by atoms with Gasteiger partial charge >= 0.3 is 6.03 Å². The number of carbonyl (C=O) groups is 1.